The summed E-state index contributed by atoms with van der Waals surface area (Å²) < 4.78 is 6.21. The average Bonchev–Trinajstić information content (AvgIpc) is 2.81. The van der Waals surface area contributed by atoms with Gasteiger partial charge in [0.2, 0.25) is 0 Å². The van der Waals surface area contributed by atoms with Crippen LogP contribution in [0.4, 0.5) is 11.5 Å². The fraction of sp³-hybridized carbons (Fsp3) is 0.273. The lowest BCUT2D eigenvalue weighted by Gasteiger charge is -2.11. The fourth-order valence-corrected chi connectivity index (χ4v) is 1.66. The van der Waals surface area contributed by atoms with Gasteiger partial charge in [-0.05, 0) is 13.0 Å². The quantitative estimate of drug-likeness (QED) is 0.725. The number of furan rings is 1. The van der Waals surface area contributed by atoms with Crippen molar-refractivity contribution in [1.82, 2.24) is 9.55 Å². The Labute approximate surface area is 102 Å². The average molecular weight is 250 g/mol. The summed E-state index contributed by atoms with van der Waals surface area (Å²) >= 11 is 0. The molecule has 0 radical (unpaired) electrons. The third-order valence-corrected chi connectivity index (χ3v) is 2.61. The second kappa shape index (κ2) is 4.82. The van der Waals surface area contributed by atoms with E-state index >= 15 is 0 Å². The zero-order valence-electron chi connectivity index (χ0n) is 9.90. The van der Waals surface area contributed by atoms with Crippen molar-refractivity contribution in [2.24, 2.45) is 0 Å². The van der Waals surface area contributed by atoms with Gasteiger partial charge in [0.15, 0.2) is 0 Å². The molecule has 0 aliphatic carbocycles. The molecule has 0 aromatic carbocycles. The van der Waals surface area contributed by atoms with Crippen LogP contribution >= 0.6 is 0 Å². The molecule has 96 valence electrons. The Hall–Kier alpha value is -2.44. The van der Waals surface area contributed by atoms with Gasteiger partial charge in [0.25, 0.3) is 5.56 Å². The van der Waals surface area contributed by atoms with Crippen LogP contribution < -0.4 is 22.3 Å². The molecular formula is C11H14N4O3. The lowest BCUT2D eigenvalue weighted by atomic mass is 10.3. The highest BCUT2D eigenvalue weighted by atomic mass is 16.3. The van der Waals surface area contributed by atoms with Crippen LogP contribution in [0.2, 0.25) is 0 Å². The molecule has 0 bridgehead atoms. The van der Waals surface area contributed by atoms with Crippen molar-refractivity contribution in [3.05, 3.63) is 45.0 Å². The number of rotatable bonds is 4. The Morgan fingerprint density at radius 3 is 2.89 bits per heavy atom. The van der Waals surface area contributed by atoms with E-state index in [4.69, 9.17) is 10.2 Å². The van der Waals surface area contributed by atoms with E-state index in [2.05, 4.69) is 10.3 Å². The van der Waals surface area contributed by atoms with Crippen LogP contribution in [-0.4, -0.2) is 9.55 Å². The summed E-state index contributed by atoms with van der Waals surface area (Å²) in [5.74, 6) is 0.134. The van der Waals surface area contributed by atoms with E-state index in [1.54, 1.807) is 19.3 Å². The van der Waals surface area contributed by atoms with Crippen LogP contribution in [0, 0.1) is 0 Å². The number of H-pyrrole nitrogens is 1. The van der Waals surface area contributed by atoms with Crippen LogP contribution in [-0.2, 0) is 13.1 Å². The molecule has 0 saturated carbocycles. The molecule has 0 aliphatic rings. The van der Waals surface area contributed by atoms with Crippen molar-refractivity contribution in [2.75, 3.05) is 11.1 Å². The van der Waals surface area contributed by atoms with Gasteiger partial charge in [-0.2, -0.15) is 0 Å². The van der Waals surface area contributed by atoms with Gasteiger partial charge >= 0.3 is 5.69 Å². The van der Waals surface area contributed by atoms with Gasteiger partial charge in [-0.25, -0.2) is 4.79 Å². The second-order valence-electron chi connectivity index (χ2n) is 3.75. The smallest absolute Gasteiger partial charge is 0.330 e. The summed E-state index contributed by atoms with van der Waals surface area (Å²) in [4.78, 5) is 25.3. The summed E-state index contributed by atoms with van der Waals surface area (Å²) in [5.41, 5.74) is 5.83. The molecule has 7 nitrogen and oxygen atoms in total. The number of anilines is 2. The van der Waals surface area contributed by atoms with E-state index in [1.165, 1.54) is 10.8 Å². The zero-order chi connectivity index (χ0) is 13.1. The Morgan fingerprint density at radius 1 is 1.50 bits per heavy atom. The molecule has 0 aliphatic heterocycles. The van der Waals surface area contributed by atoms with Gasteiger partial charge in [0.05, 0.1) is 12.5 Å². The van der Waals surface area contributed by atoms with Gasteiger partial charge < -0.3 is 15.5 Å². The normalized spacial score (nSPS) is 10.5. The van der Waals surface area contributed by atoms with Crippen molar-refractivity contribution in [2.45, 2.75) is 20.0 Å². The number of nitrogen functional groups attached to an aromatic ring is 1. The minimum atomic E-state index is -0.523. The molecule has 0 unspecified atom stereocenters. The molecule has 18 heavy (non-hydrogen) atoms. The minimum Gasteiger partial charge on any atom is -0.472 e. The summed E-state index contributed by atoms with van der Waals surface area (Å²) in [7, 11) is 0. The predicted octanol–water partition coefficient (Wildman–Crippen LogP) is 0.344. The fourth-order valence-electron chi connectivity index (χ4n) is 1.66. The topological polar surface area (TPSA) is 106 Å². The first-order valence-electron chi connectivity index (χ1n) is 5.51. The number of nitrogens with zero attached hydrogens (tertiary/aromatic N) is 1. The highest BCUT2D eigenvalue weighted by Gasteiger charge is 2.10. The van der Waals surface area contributed by atoms with Crippen molar-refractivity contribution >= 4 is 11.5 Å². The Bertz CT molecular complexity index is 639. The van der Waals surface area contributed by atoms with E-state index < -0.39 is 11.2 Å². The standard InChI is InChI=1S/C11H14N4O3/c1-2-15-9(12)8(10(16)14-11(15)17)13-5-7-3-4-18-6-7/h3-4,6,13H,2,5,12H2,1H3,(H,14,16,17). The monoisotopic (exact) mass is 250 g/mol. The molecule has 0 saturated heterocycles. The van der Waals surface area contributed by atoms with Crippen LogP contribution in [0.1, 0.15) is 12.5 Å². The number of nitrogens with two attached hydrogens (primary N) is 1. The van der Waals surface area contributed by atoms with Crippen molar-refractivity contribution < 1.29 is 4.42 Å². The maximum atomic E-state index is 11.7. The van der Waals surface area contributed by atoms with Gasteiger partial charge in [0.1, 0.15) is 11.5 Å². The lowest BCUT2D eigenvalue weighted by Crippen LogP contribution is -2.33. The third-order valence-electron chi connectivity index (χ3n) is 2.61. The molecule has 0 spiro atoms. The number of aromatic amines is 1. The van der Waals surface area contributed by atoms with Crippen LogP contribution in [0.5, 0.6) is 0 Å². The molecular weight excluding hydrogens is 236 g/mol. The highest BCUT2D eigenvalue weighted by molar-refractivity contribution is 5.60. The van der Waals surface area contributed by atoms with E-state index in [0.29, 0.717) is 13.1 Å². The maximum Gasteiger partial charge on any atom is 0.330 e. The van der Waals surface area contributed by atoms with Gasteiger partial charge in [-0.15, -0.1) is 0 Å². The number of hydrogen-bond donors (Lipinski definition) is 3. The van der Waals surface area contributed by atoms with Gasteiger partial charge in [0, 0.05) is 18.7 Å². The van der Waals surface area contributed by atoms with E-state index in [1.807, 2.05) is 0 Å². The van der Waals surface area contributed by atoms with Gasteiger partial charge in [-0.3, -0.25) is 14.3 Å². The van der Waals surface area contributed by atoms with E-state index in [-0.39, 0.29) is 11.5 Å². The Kier molecular flexibility index (Phi) is 3.22. The second-order valence-corrected chi connectivity index (χ2v) is 3.75. The molecule has 7 heteroatoms. The van der Waals surface area contributed by atoms with Crippen LogP contribution in [0.15, 0.2) is 32.6 Å². The molecule has 2 rings (SSSR count). The summed E-state index contributed by atoms with van der Waals surface area (Å²) in [6.45, 7) is 2.56. The Balaban J connectivity index is 2.33. The molecule has 0 atom stereocenters. The molecule has 4 N–H and O–H groups in total. The highest BCUT2D eigenvalue weighted by Crippen LogP contribution is 2.11. The minimum absolute atomic E-state index is 0.134. The van der Waals surface area contributed by atoms with E-state index in [9.17, 15) is 9.59 Å². The number of hydrogen-bond acceptors (Lipinski definition) is 5. The van der Waals surface area contributed by atoms with Crippen molar-refractivity contribution in [3.63, 3.8) is 0 Å². The number of nitrogens with one attached hydrogen (secondary N) is 2. The molecule has 0 fully saturated rings. The first-order valence-corrected chi connectivity index (χ1v) is 5.51. The first kappa shape index (κ1) is 12.0. The summed E-state index contributed by atoms with van der Waals surface area (Å²) in [6.07, 6.45) is 3.10. The molecule has 2 aromatic heterocycles. The van der Waals surface area contributed by atoms with E-state index in [0.717, 1.165) is 5.56 Å². The lowest BCUT2D eigenvalue weighted by molar-refractivity contribution is 0.564. The van der Waals surface area contributed by atoms with Crippen molar-refractivity contribution in [1.29, 1.82) is 0 Å². The maximum absolute atomic E-state index is 11.7. The third kappa shape index (κ3) is 2.15. The van der Waals surface area contributed by atoms with Crippen LogP contribution in [0.3, 0.4) is 0 Å². The summed E-state index contributed by atoms with van der Waals surface area (Å²) in [5, 5.41) is 2.90. The molecule has 2 aromatic rings. The summed E-state index contributed by atoms with van der Waals surface area (Å²) in [6, 6.07) is 1.77. The predicted molar refractivity (Wildman–Crippen MR) is 67.4 cm³/mol. The SMILES string of the molecule is CCn1c(N)c(NCc2ccoc2)c(=O)[nH]c1=O. The van der Waals surface area contributed by atoms with Gasteiger partial charge in [-0.1, -0.05) is 0 Å². The first-order chi connectivity index (χ1) is 8.63. The van der Waals surface area contributed by atoms with Crippen molar-refractivity contribution in [3.8, 4) is 0 Å². The molecule has 0 amide bonds. The van der Waals surface area contributed by atoms with Crippen LogP contribution in [0.25, 0.3) is 0 Å². The molecule has 2 heterocycles. The number of aromatic nitrogens is 2. The zero-order valence-corrected chi connectivity index (χ0v) is 9.90. The largest absolute Gasteiger partial charge is 0.472 e. The Morgan fingerprint density at radius 2 is 2.28 bits per heavy atom.